The molecular weight excluding hydrogens is 252 g/mol. The SMILES string of the molecule is CC(C)CNCc1ccc(COCCN2CCCC2)o1. The van der Waals surface area contributed by atoms with Crippen LogP contribution in [-0.2, 0) is 17.9 Å². The molecule has 0 spiro atoms. The van der Waals surface area contributed by atoms with Crippen molar-refractivity contribution in [3.05, 3.63) is 23.7 Å². The van der Waals surface area contributed by atoms with Gasteiger partial charge in [-0.15, -0.1) is 0 Å². The molecule has 1 aromatic heterocycles. The van der Waals surface area contributed by atoms with Crippen molar-refractivity contribution < 1.29 is 9.15 Å². The smallest absolute Gasteiger partial charge is 0.129 e. The largest absolute Gasteiger partial charge is 0.462 e. The molecule has 2 heterocycles. The molecule has 0 radical (unpaired) electrons. The van der Waals surface area contributed by atoms with Gasteiger partial charge in [-0.1, -0.05) is 13.8 Å². The van der Waals surface area contributed by atoms with Crippen molar-refractivity contribution in [3.8, 4) is 0 Å². The van der Waals surface area contributed by atoms with Crippen LogP contribution in [0.25, 0.3) is 0 Å². The van der Waals surface area contributed by atoms with Crippen molar-refractivity contribution in [2.24, 2.45) is 5.92 Å². The summed E-state index contributed by atoms with van der Waals surface area (Å²) in [6, 6.07) is 4.05. The molecule has 20 heavy (non-hydrogen) atoms. The normalized spacial score (nSPS) is 16.4. The Hall–Kier alpha value is -0.840. The molecule has 0 atom stereocenters. The quantitative estimate of drug-likeness (QED) is 0.706. The Labute approximate surface area is 122 Å². The van der Waals surface area contributed by atoms with E-state index in [2.05, 4.69) is 24.1 Å². The van der Waals surface area contributed by atoms with Crippen molar-refractivity contribution in [2.45, 2.75) is 39.8 Å². The molecule has 0 saturated carbocycles. The van der Waals surface area contributed by atoms with Crippen LogP contribution < -0.4 is 5.32 Å². The first-order valence-electron chi connectivity index (χ1n) is 7.82. The van der Waals surface area contributed by atoms with Crippen LogP contribution >= 0.6 is 0 Å². The van der Waals surface area contributed by atoms with Gasteiger partial charge in [-0.05, 0) is 50.5 Å². The lowest BCUT2D eigenvalue weighted by atomic mass is 10.2. The van der Waals surface area contributed by atoms with Gasteiger partial charge in [-0.3, -0.25) is 0 Å². The molecule has 0 aliphatic carbocycles. The second kappa shape index (κ2) is 8.45. The molecule has 1 fully saturated rings. The Kier molecular flexibility index (Phi) is 6.57. The van der Waals surface area contributed by atoms with Crippen LogP contribution in [0.15, 0.2) is 16.5 Å². The van der Waals surface area contributed by atoms with Crippen molar-refractivity contribution in [3.63, 3.8) is 0 Å². The van der Waals surface area contributed by atoms with Gasteiger partial charge in [0.1, 0.15) is 18.1 Å². The Balaban J connectivity index is 1.57. The van der Waals surface area contributed by atoms with Crippen LogP contribution in [0.4, 0.5) is 0 Å². The third-order valence-corrected chi connectivity index (χ3v) is 3.56. The zero-order chi connectivity index (χ0) is 14.2. The monoisotopic (exact) mass is 280 g/mol. The first kappa shape index (κ1) is 15.5. The predicted molar refractivity (Wildman–Crippen MR) is 80.6 cm³/mol. The summed E-state index contributed by atoms with van der Waals surface area (Å²) in [5.74, 6) is 2.58. The number of nitrogens with one attached hydrogen (secondary N) is 1. The van der Waals surface area contributed by atoms with E-state index in [1.54, 1.807) is 0 Å². The van der Waals surface area contributed by atoms with Gasteiger partial charge >= 0.3 is 0 Å². The third kappa shape index (κ3) is 5.65. The molecule has 1 N–H and O–H groups in total. The first-order valence-corrected chi connectivity index (χ1v) is 7.82. The molecule has 0 unspecified atom stereocenters. The summed E-state index contributed by atoms with van der Waals surface area (Å²) >= 11 is 0. The van der Waals surface area contributed by atoms with Crippen LogP contribution in [0.3, 0.4) is 0 Å². The summed E-state index contributed by atoms with van der Waals surface area (Å²) in [5, 5.41) is 3.38. The van der Waals surface area contributed by atoms with Crippen LogP contribution in [0, 0.1) is 5.92 Å². The number of ether oxygens (including phenoxy) is 1. The number of hydrogen-bond donors (Lipinski definition) is 1. The highest BCUT2D eigenvalue weighted by atomic mass is 16.5. The van der Waals surface area contributed by atoms with Crippen LogP contribution in [0.1, 0.15) is 38.2 Å². The van der Waals surface area contributed by atoms with Crippen LogP contribution in [0.5, 0.6) is 0 Å². The standard InChI is InChI=1S/C16H28N2O2/c1-14(2)11-17-12-15-5-6-16(20-15)13-19-10-9-18-7-3-4-8-18/h5-6,14,17H,3-4,7-13H2,1-2H3. The summed E-state index contributed by atoms with van der Waals surface area (Å²) in [6.45, 7) is 11.1. The maximum absolute atomic E-state index is 5.74. The first-order chi connectivity index (χ1) is 9.74. The lowest BCUT2D eigenvalue weighted by Crippen LogP contribution is -2.23. The predicted octanol–water partition coefficient (Wildman–Crippen LogP) is 2.64. The van der Waals surface area contributed by atoms with E-state index in [-0.39, 0.29) is 0 Å². The number of likely N-dealkylation sites (tertiary alicyclic amines) is 1. The van der Waals surface area contributed by atoms with E-state index in [1.165, 1.54) is 25.9 Å². The van der Waals surface area contributed by atoms with Gasteiger partial charge in [-0.2, -0.15) is 0 Å². The minimum absolute atomic E-state index is 0.581. The average molecular weight is 280 g/mol. The highest BCUT2D eigenvalue weighted by Crippen LogP contribution is 2.10. The van der Waals surface area contributed by atoms with Gasteiger partial charge in [-0.25, -0.2) is 0 Å². The molecule has 0 bridgehead atoms. The van der Waals surface area contributed by atoms with E-state index in [0.717, 1.165) is 37.8 Å². The maximum atomic E-state index is 5.74. The minimum Gasteiger partial charge on any atom is -0.462 e. The Bertz CT molecular complexity index is 370. The molecule has 0 amide bonds. The van der Waals surface area contributed by atoms with E-state index in [0.29, 0.717) is 12.5 Å². The fourth-order valence-corrected chi connectivity index (χ4v) is 2.45. The highest BCUT2D eigenvalue weighted by Gasteiger charge is 2.10. The van der Waals surface area contributed by atoms with Crippen molar-refractivity contribution in [1.82, 2.24) is 10.2 Å². The highest BCUT2D eigenvalue weighted by molar-refractivity contribution is 5.06. The molecule has 2 rings (SSSR count). The fourth-order valence-electron chi connectivity index (χ4n) is 2.45. The van der Waals surface area contributed by atoms with Gasteiger partial charge < -0.3 is 19.4 Å². The van der Waals surface area contributed by atoms with Crippen molar-refractivity contribution in [1.29, 1.82) is 0 Å². The molecule has 114 valence electrons. The minimum atomic E-state index is 0.581. The zero-order valence-electron chi connectivity index (χ0n) is 12.9. The molecule has 0 aromatic carbocycles. The lowest BCUT2D eigenvalue weighted by Gasteiger charge is -2.13. The number of hydrogen-bond acceptors (Lipinski definition) is 4. The number of furan rings is 1. The molecule has 4 nitrogen and oxygen atoms in total. The van der Waals surface area contributed by atoms with Gasteiger partial charge in [0.2, 0.25) is 0 Å². The van der Waals surface area contributed by atoms with Crippen molar-refractivity contribution >= 4 is 0 Å². The Morgan fingerprint density at radius 1 is 1.25 bits per heavy atom. The number of nitrogens with zero attached hydrogens (tertiary/aromatic N) is 1. The van der Waals surface area contributed by atoms with Crippen LogP contribution in [0.2, 0.25) is 0 Å². The third-order valence-electron chi connectivity index (χ3n) is 3.56. The van der Waals surface area contributed by atoms with Gasteiger partial charge in [0.15, 0.2) is 0 Å². The summed E-state index contributed by atoms with van der Waals surface area (Å²) in [5.41, 5.74) is 0. The topological polar surface area (TPSA) is 37.6 Å². The zero-order valence-corrected chi connectivity index (χ0v) is 12.9. The molecule has 1 aliphatic heterocycles. The van der Waals surface area contributed by atoms with Crippen LogP contribution in [-0.4, -0.2) is 37.7 Å². The fraction of sp³-hybridized carbons (Fsp3) is 0.750. The van der Waals surface area contributed by atoms with E-state index in [4.69, 9.17) is 9.15 Å². The summed E-state index contributed by atoms with van der Waals surface area (Å²) in [6.07, 6.45) is 2.68. The summed E-state index contributed by atoms with van der Waals surface area (Å²) in [4.78, 5) is 2.46. The summed E-state index contributed by atoms with van der Waals surface area (Å²) < 4.78 is 11.4. The molecule has 1 aromatic rings. The number of rotatable bonds is 9. The van der Waals surface area contributed by atoms with E-state index in [1.807, 2.05) is 12.1 Å². The van der Waals surface area contributed by atoms with Gasteiger partial charge in [0.05, 0.1) is 13.2 Å². The Morgan fingerprint density at radius 2 is 2.00 bits per heavy atom. The summed E-state index contributed by atoms with van der Waals surface area (Å²) in [7, 11) is 0. The van der Waals surface area contributed by atoms with E-state index in [9.17, 15) is 0 Å². The lowest BCUT2D eigenvalue weighted by molar-refractivity contribution is 0.0867. The van der Waals surface area contributed by atoms with Gasteiger partial charge in [0, 0.05) is 6.54 Å². The van der Waals surface area contributed by atoms with E-state index < -0.39 is 0 Å². The average Bonchev–Trinajstić information content (AvgIpc) is 3.05. The Morgan fingerprint density at radius 3 is 2.75 bits per heavy atom. The van der Waals surface area contributed by atoms with Crippen molar-refractivity contribution in [2.75, 3.05) is 32.8 Å². The maximum Gasteiger partial charge on any atom is 0.129 e. The second-order valence-electron chi connectivity index (χ2n) is 5.99. The van der Waals surface area contributed by atoms with E-state index >= 15 is 0 Å². The molecule has 1 aliphatic rings. The molecular formula is C16H28N2O2. The van der Waals surface area contributed by atoms with Gasteiger partial charge in [0.25, 0.3) is 0 Å². The molecule has 4 heteroatoms. The second-order valence-corrected chi connectivity index (χ2v) is 5.99. The molecule has 1 saturated heterocycles.